The largest absolute Gasteiger partial charge is 0.458 e. The van der Waals surface area contributed by atoms with Crippen LogP contribution in [-0.4, -0.2) is 23.8 Å². The van der Waals surface area contributed by atoms with Gasteiger partial charge in [-0.25, -0.2) is 4.79 Å². The van der Waals surface area contributed by atoms with Crippen molar-refractivity contribution in [2.24, 2.45) is 16.7 Å². The lowest BCUT2D eigenvalue weighted by Gasteiger charge is -2.55. The Morgan fingerprint density at radius 3 is 2.72 bits per heavy atom. The van der Waals surface area contributed by atoms with Crippen molar-refractivity contribution in [1.82, 2.24) is 0 Å². The smallest absolute Gasteiger partial charge is 0.334 e. The third-order valence-electron chi connectivity index (χ3n) is 5.79. The van der Waals surface area contributed by atoms with Crippen molar-refractivity contribution in [2.75, 3.05) is 6.61 Å². The fourth-order valence-corrected chi connectivity index (χ4v) is 4.57. The summed E-state index contributed by atoms with van der Waals surface area (Å²) in [5.74, 6) is 0.343. The highest BCUT2D eigenvalue weighted by Gasteiger charge is 2.56. The van der Waals surface area contributed by atoms with Crippen molar-refractivity contribution >= 4 is 5.97 Å². The Labute approximate surface area is 108 Å². The molecule has 0 aromatic heterocycles. The Balaban J connectivity index is 2.06. The standard InChI is InChI=1S/C15H22O3/c1-14(2)11-5-4-9-10(8-18-13(9)17)15(11,3)7-6-12(14)16/h11-12,16H,4-8H2,1-3H3/t11-,12-,15+/m0/s1. The van der Waals surface area contributed by atoms with Crippen molar-refractivity contribution < 1.29 is 14.6 Å². The molecule has 3 nitrogen and oxygen atoms in total. The highest BCUT2D eigenvalue weighted by molar-refractivity contribution is 5.92. The van der Waals surface area contributed by atoms with Gasteiger partial charge in [-0.05, 0) is 48.0 Å². The van der Waals surface area contributed by atoms with Gasteiger partial charge in [0.2, 0.25) is 0 Å². The molecular formula is C15H22O3. The van der Waals surface area contributed by atoms with E-state index in [2.05, 4.69) is 20.8 Å². The van der Waals surface area contributed by atoms with Crippen LogP contribution in [0.25, 0.3) is 0 Å². The van der Waals surface area contributed by atoms with Gasteiger partial charge in [0.25, 0.3) is 0 Å². The molecule has 18 heavy (non-hydrogen) atoms. The second kappa shape index (κ2) is 3.60. The first-order valence-electron chi connectivity index (χ1n) is 6.95. The monoisotopic (exact) mass is 250 g/mol. The summed E-state index contributed by atoms with van der Waals surface area (Å²) in [5, 5.41) is 10.3. The lowest BCUT2D eigenvalue weighted by molar-refractivity contribution is -0.136. The number of ether oxygens (including phenoxy) is 1. The molecule has 3 aliphatic rings. The van der Waals surface area contributed by atoms with E-state index >= 15 is 0 Å². The van der Waals surface area contributed by atoms with Crippen LogP contribution in [0.2, 0.25) is 0 Å². The molecule has 0 saturated heterocycles. The van der Waals surface area contributed by atoms with Gasteiger partial charge >= 0.3 is 5.97 Å². The molecule has 0 radical (unpaired) electrons. The van der Waals surface area contributed by atoms with Crippen LogP contribution in [0.5, 0.6) is 0 Å². The van der Waals surface area contributed by atoms with Crippen LogP contribution in [-0.2, 0) is 9.53 Å². The number of cyclic esters (lactones) is 1. The van der Waals surface area contributed by atoms with E-state index < -0.39 is 0 Å². The summed E-state index contributed by atoms with van der Waals surface area (Å²) in [6, 6.07) is 0. The fourth-order valence-electron chi connectivity index (χ4n) is 4.57. The molecule has 0 unspecified atom stereocenters. The lowest BCUT2D eigenvalue weighted by atomic mass is 9.49. The maximum Gasteiger partial charge on any atom is 0.334 e. The van der Waals surface area contributed by atoms with Crippen LogP contribution in [0.3, 0.4) is 0 Å². The zero-order valence-electron chi connectivity index (χ0n) is 11.5. The molecule has 3 rings (SSSR count). The number of aliphatic hydroxyl groups excluding tert-OH is 1. The summed E-state index contributed by atoms with van der Waals surface area (Å²) >= 11 is 0. The lowest BCUT2D eigenvalue weighted by Crippen LogP contribution is -2.52. The molecule has 1 aliphatic heterocycles. The van der Waals surface area contributed by atoms with Crippen molar-refractivity contribution in [3.63, 3.8) is 0 Å². The molecule has 3 heteroatoms. The summed E-state index contributed by atoms with van der Waals surface area (Å²) < 4.78 is 5.23. The van der Waals surface area contributed by atoms with E-state index in [9.17, 15) is 9.90 Å². The van der Waals surface area contributed by atoms with E-state index in [1.54, 1.807) is 0 Å². The van der Waals surface area contributed by atoms with E-state index in [-0.39, 0.29) is 22.9 Å². The summed E-state index contributed by atoms with van der Waals surface area (Å²) in [6.45, 7) is 7.08. The molecule has 1 N–H and O–H groups in total. The first-order chi connectivity index (χ1) is 8.37. The van der Waals surface area contributed by atoms with Gasteiger partial charge in [0, 0.05) is 5.57 Å². The number of aliphatic hydroxyl groups is 1. The van der Waals surface area contributed by atoms with Gasteiger partial charge in [-0.15, -0.1) is 0 Å². The van der Waals surface area contributed by atoms with Crippen molar-refractivity contribution in [3.8, 4) is 0 Å². The minimum Gasteiger partial charge on any atom is -0.458 e. The Hall–Kier alpha value is -0.830. The Kier molecular flexibility index (Phi) is 2.44. The Morgan fingerprint density at radius 1 is 1.28 bits per heavy atom. The molecule has 100 valence electrons. The van der Waals surface area contributed by atoms with Gasteiger partial charge in [0.15, 0.2) is 0 Å². The van der Waals surface area contributed by atoms with Crippen molar-refractivity contribution in [1.29, 1.82) is 0 Å². The molecule has 0 amide bonds. The molecule has 0 aromatic rings. The second-order valence-electron chi connectivity index (χ2n) is 6.92. The topological polar surface area (TPSA) is 46.5 Å². The van der Waals surface area contributed by atoms with Gasteiger partial charge in [0.05, 0.1) is 6.10 Å². The summed E-state index contributed by atoms with van der Waals surface area (Å²) in [4.78, 5) is 11.7. The quantitative estimate of drug-likeness (QED) is 0.672. The predicted octanol–water partition coefficient (Wildman–Crippen LogP) is 2.44. The second-order valence-corrected chi connectivity index (χ2v) is 6.92. The number of carbonyl (C=O) groups is 1. The van der Waals surface area contributed by atoms with Crippen molar-refractivity contribution in [3.05, 3.63) is 11.1 Å². The van der Waals surface area contributed by atoms with Gasteiger partial charge < -0.3 is 9.84 Å². The SMILES string of the molecule is CC1(C)[C@@H](O)CC[C@]2(C)C3=C(CC[C@@H]12)C(=O)OC3. The third-order valence-corrected chi connectivity index (χ3v) is 5.79. The van der Waals surface area contributed by atoms with E-state index in [1.807, 2.05) is 0 Å². The van der Waals surface area contributed by atoms with Gasteiger partial charge in [-0.3, -0.25) is 0 Å². The third kappa shape index (κ3) is 1.37. The van der Waals surface area contributed by atoms with Crippen LogP contribution in [0.15, 0.2) is 11.1 Å². The highest BCUT2D eigenvalue weighted by atomic mass is 16.5. The summed E-state index contributed by atoms with van der Waals surface area (Å²) in [5.41, 5.74) is 2.13. The normalized spacial score (nSPS) is 42.3. The van der Waals surface area contributed by atoms with Crippen LogP contribution >= 0.6 is 0 Å². The van der Waals surface area contributed by atoms with Gasteiger partial charge in [-0.2, -0.15) is 0 Å². The van der Waals surface area contributed by atoms with Crippen LogP contribution in [0, 0.1) is 16.7 Å². The predicted molar refractivity (Wildman–Crippen MR) is 67.8 cm³/mol. The zero-order valence-corrected chi connectivity index (χ0v) is 11.5. The van der Waals surface area contributed by atoms with E-state index in [0.717, 1.165) is 31.3 Å². The first-order valence-corrected chi connectivity index (χ1v) is 6.95. The first kappa shape index (κ1) is 12.2. The van der Waals surface area contributed by atoms with E-state index in [0.29, 0.717) is 12.5 Å². The highest BCUT2D eigenvalue weighted by Crippen LogP contribution is 2.60. The molecule has 2 aliphatic carbocycles. The van der Waals surface area contributed by atoms with Gasteiger partial charge in [-0.1, -0.05) is 20.8 Å². The molecule has 1 fully saturated rings. The molecule has 0 bridgehead atoms. The number of hydrogen-bond donors (Lipinski definition) is 1. The Bertz CT molecular complexity index is 435. The molecule has 0 spiro atoms. The summed E-state index contributed by atoms with van der Waals surface area (Å²) in [7, 11) is 0. The van der Waals surface area contributed by atoms with E-state index in [1.165, 1.54) is 5.57 Å². The molecule has 1 saturated carbocycles. The average molecular weight is 250 g/mol. The Morgan fingerprint density at radius 2 is 2.00 bits per heavy atom. The van der Waals surface area contributed by atoms with E-state index in [4.69, 9.17) is 4.74 Å². The summed E-state index contributed by atoms with van der Waals surface area (Å²) in [6.07, 6.45) is 3.39. The maximum atomic E-state index is 11.7. The zero-order chi connectivity index (χ0) is 13.1. The molecule has 1 heterocycles. The number of esters is 1. The minimum absolute atomic E-state index is 0.0441. The number of hydrogen-bond acceptors (Lipinski definition) is 3. The number of fused-ring (bicyclic) bond motifs is 2. The molecule has 3 atom stereocenters. The average Bonchev–Trinajstić information content (AvgIpc) is 2.68. The maximum absolute atomic E-state index is 11.7. The number of carbonyl (C=O) groups excluding carboxylic acids is 1. The molecule has 0 aromatic carbocycles. The van der Waals surface area contributed by atoms with Gasteiger partial charge in [0.1, 0.15) is 6.61 Å². The van der Waals surface area contributed by atoms with Crippen LogP contribution in [0.1, 0.15) is 46.5 Å². The molecular weight excluding hydrogens is 228 g/mol. The minimum atomic E-state index is -0.226. The van der Waals surface area contributed by atoms with Crippen LogP contribution < -0.4 is 0 Å². The van der Waals surface area contributed by atoms with Crippen LogP contribution in [0.4, 0.5) is 0 Å². The fraction of sp³-hybridized carbons (Fsp3) is 0.800. The van der Waals surface area contributed by atoms with Crippen molar-refractivity contribution in [2.45, 2.75) is 52.6 Å². The number of rotatable bonds is 0.